The van der Waals surface area contributed by atoms with Gasteiger partial charge in [0.05, 0.1) is 12.4 Å². The first-order valence-corrected chi connectivity index (χ1v) is 10.0. The van der Waals surface area contributed by atoms with Crippen LogP contribution in [-0.2, 0) is 14.8 Å². The van der Waals surface area contributed by atoms with Crippen LogP contribution < -0.4 is 5.32 Å². The van der Waals surface area contributed by atoms with Crippen molar-refractivity contribution in [1.29, 1.82) is 0 Å². The summed E-state index contributed by atoms with van der Waals surface area (Å²) in [5.41, 5.74) is 0. The van der Waals surface area contributed by atoms with E-state index in [4.69, 9.17) is 4.74 Å². The summed E-state index contributed by atoms with van der Waals surface area (Å²) in [5, 5.41) is 3.38. The van der Waals surface area contributed by atoms with Gasteiger partial charge >= 0.3 is 0 Å². The molecule has 0 radical (unpaired) electrons. The summed E-state index contributed by atoms with van der Waals surface area (Å²) >= 11 is 0. The van der Waals surface area contributed by atoms with Gasteiger partial charge in [-0.15, -0.1) is 0 Å². The lowest BCUT2D eigenvalue weighted by Crippen LogP contribution is -2.45. The third-order valence-corrected chi connectivity index (χ3v) is 5.58. The molecule has 1 saturated heterocycles. The number of likely N-dealkylation sites (N-methyl/N-ethyl adjacent to an activating group) is 1. The molecule has 1 N–H and O–H groups in total. The molecule has 21 heavy (non-hydrogen) atoms. The third kappa shape index (κ3) is 6.22. The van der Waals surface area contributed by atoms with E-state index in [9.17, 15) is 8.42 Å². The van der Waals surface area contributed by atoms with Crippen LogP contribution in [-0.4, -0.2) is 57.9 Å². The highest BCUT2D eigenvalue weighted by Crippen LogP contribution is 2.25. The minimum atomic E-state index is -3.06. The predicted octanol–water partition coefficient (Wildman–Crippen LogP) is 1.84. The molecule has 5 nitrogen and oxygen atoms in total. The second-order valence-electron chi connectivity index (χ2n) is 6.04. The van der Waals surface area contributed by atoms with Crippen LogP contribution >= 0.6 is 0 Å². The Kier molecular flexibility index (Phi) is 8.16. The van der Waals surface area contributed by atoms with E-state index >= 15 is 0 Å². The van der Waals surface area contributed by atoms with E-state index in [-0.39, 0.29) is 6.10 Å². The maximum absolute atomic E-state index is 11.7. The summed E-state index contributed by atoms with van der Waals surface area (Å²) in [5.74, 6) is 0.422. The van der Waals surface area contributed by atoms with E-state index in [2.05, 4.69) is 12.2 Å². The van der Waals surface area contributed by atoms with Gasteiger partial charge in [-0.05, 0) is 45.6 Å². The lowest BCUT2D eigenvalue weighted by molar-refractivity contribution is 0.0213. The fourth-order valence-electron chi connectivity index (χ4n) is 3.23. The third-order valence-electron chi connectivity index (χ3n) is 4.31. The number of nitrogens with one attached hydrogen (secondary N) is 1. The Morgan fingerprint density at radius 2 is 2.10 bits per heavy atom. The Bertz CT molecular complexity index is 380. The number of hydrogen-bond acceptors (Lipinski definition) is 4. The van der Waals surface area contributed by atoms with Gasteiger partial charge in [0, 0.05) is 25.7 Å². The van der Waals surface area contributed by atoms with Crippen LogP contribution in [0.25, 0.3) is 0 Å². The maximum atomic E-state index is 11.7. The summed E-state index contributed by atoms with van der Waals surface area (Å²) in [6.45, 7) is 6.25. The van der Waals surface area contributed by atoms with E-state index in [0.29, 0.717) is 25.0 Å². The first-order valence-electron chi connectivity index (χ1n) is 8.16. The largest absolute Gasteiger partial charge is 0.377 e. The normalized spacial score (nSPS) is 23.9. The molecular formula is C15H32N2O3S. The molecule has 3 unspecified atom stereocenters. The number of nitrogens with zero attached hydrogens (tertiary/aromatic N) is 1. The number of hydrogen-bond donors (Lipinski definition) is 1. The minimum absolute atomic E-state index is 0.221. The molecule has 0 aromatic rings. The van der Waals surface area contributed by atoms with Crippen molar-refractivity contribution >= 4 is 10.0 Å². The van der Waals surface area contributed by atoms with Gasteiger partial charge < -0.3 is 10.1 Å². The second kappa shape index (κ2) is 9.08. The maximum Gasteiger partial charge on any atom is 0.211 e. The molecule has 0 spiro atoms. The molecular weight excluding hydrogens is 288 g/mol. The standard InChI is InChI=1S/C15H32N2O3S/c1-5-8-15(20-6-2)14(16-3)11-13-9-7-10-17(12-13)21(4,18)19/h13-16H,5-12H2,1-4H3. The molecule has 0 aliphatic carbocycles. The molecule has 6 heteroatoms. The number of piperidine rings is 1. The summed E-state index contributed by atoms with van der Waals surface area (Å²) in [7, 11) is -1.08. The lowest BCUT2D eigenvalue weighted by atomic mass is 9.89. The predicted molar refractivity (Wildman–Crippen MR) is 86.9 cm³/mol. The van der Waals surface area contributed by atoms with Crippen molar-refractivity contribution in [3.05, 3.63) is 0 Å². The van der Waals surface area contributed by atoms with Crippen molar-refractivity contribution in [2.75, 3.05) is 33.0 Å². The van der Waals surface area contributed by atoms with Crippen LogP contribution in [0.15, 0.2) is 0 Å². The zero-order chi connectivity index (χ0) is 15.9. The Balaban J connectivity index is 2.62. The van der Waals surface area contributed by atoms with Gasteiger partial charge in [-0.2, -0.15) is 0 Å². The Morgan fingerprint density at radius 1 is 1.38 bits per heavy atom. The first-order chi connectivity index (χ1) is 9.92. The Hall–Kier alpha value is -0.170. The zero-order valence-corrected chi connectivity index (χ0v) is 14.8. The second-order valence-corrected chi connectivity index (χ2v) is 8.03. The van der Waals surface area contributed by atoms with Crippen molar-refractivity contribution in [2.24, 2.45) is 5.92 Å². The Labute approximate surface area is 130 Å². The highest BCUT2D eigenvalue weighted by Gasteiger charge is 2.29. The molecule has 0 bridgehead atoms. The van der Waals surface area contributed by atoms with E-state index in [1.54, 1.807) is 4.31 Å². The van der Waals surface area contributed by atoms with Crippen LogP contribution in [0.4, 0.5) is 0 Å². The van der Waals surface area contributed by atoms with Crippen LogP contribution in [0.1, 0.15) is 46.0 Å². The van der Waals surface area contributed by atoms with Crippen LogP contribution in [0, 0.1) is 5.92 Å². The van der Waals surface area contributed by atoms with E-state index in [0.717, 1.165) is 38.7 Å². The molecule has 0 amide bonds. The van der Waals surface area contributed by atoms with Gasteiger partial charge in [0.1, 0.15) is 0 Å². The monoisotopic (exact) mass is 320 g/mol. The van der Waals surface area contributed by atoms with Crippen LogP contribution in [0.3, 0.4) is 0 Å². The SMILES string of the molecule is CCCC(OCC)C(CC1CCCN(S(C)(=O)=O)C1)NC. The molecule has 1 aliphatic rings. The topological polar surface area (TPSA) is 58.6 Å². The summed E-state index contributed by atoms with van der Waals surface area (Å²) in [4.78, 5) is 0. The molecule has 1 aliphatic heterocycles. The van der Waals surface area contributed by atoms with Gasteiger partial charge in [-0.1, -0.05) is 13.3 Å². The fourth-order valence-corrected chi connectivity index (χ4v) is 4.18. The van der Waals surface area contributed by atoms with Crippen molar-refractivity contribution < 1.29 is 13.2 Å². The Morgan fingerprint density at radius 3 is 2.62 bits per heavy atom. The van der Waals surface area contributed by atoms with Gasteiger partial charge in [-0.3, -0.25) is 0 Å². The van der Waals surface area contributed by atoms with Gasteiger partial charge in [0.25, 0.3) is 0 Å². The quantitative estimate of drug-likeness (QED) is 0.704. The van der Waals surface area contributed by atoms with Crippen molar-refractivity contribution in [3.63, 3.8) is 0 Å². The molecule has 1 fully saturated rings. The number of ether oxygens (including phenoxy) is 1. The highest BCUT2D eigenvalue weighted by atomic mass is 32.2. The molecule has 3 atom stereocenters. The van der Waals surface area contributed by atoms with E-state index in [1.165, 1.54) is 6.26 Å². The first kappa shape index (κ1) is 18.9. The van der Waals surface area contributed by atoms with Gasteiger partial charge in [-0.25, -0.2) is 12.7 Å². The van der Waals surface area contributed by atoms with Crippen molar-refractivity contribution in [2.45, 2.75) is 58.1 Å². The molecule has 0 saturated carbocycles. The zero-order valence-electron chi connectivity index (χ0n) is 14.0. The molecule has 1 heterocycles. The van der Waals surface area contributed by atoms with Gasteiger partial charge in [0.2, 0.25) is 10.0 Å². The van der Waals surface area contributed by atoms with Crippen LogP contribution in [0.2, 0.25) is 0 Å². The van der Waals surface area contributed by atoms with Crippen molar-refractivity contribution in [1.82, 2.24) is 9.62 Å². The fraction of sp³-hybridized carbons (Fsp3) is 1.00. The number of rotatable bonds is 9. The minimum Gasteiger partial charge on any atom is -0.377 e. The average Bonchev–Trinajstić information content (AvgIpc) is 2.44. The van der Waals surface area contributed by atoms with Crippen LogP contribution in [0.5, 0.6) is 0 Å². The summed E-state index contributed by atoms with van der Waals surface area (Å²) in [6.07, 6.45) is 6.72. The lowest BCUT2D eigenvalue weighted by Gasteiger charge is -2.35. The van der Waals surface area contributed by atoms with Crippen molar-refractivity contribution in [3.8, 4) is 0 Å². The van der Waals surface area contributed by atoms with E-state index < -0.39 is 10.0 Å². The summed E-state index contributed by atoms with van der Waals surface area (Å²) in [6, 6.07) is 0.300. The highest BCUT2D eigenvalue weighted by molar-refractivity contribution is 7.88. The van der Waals surface area contributed by atoms with E-state index in [1.807, 2.05) is 14.0 Å². The molecule has 0 aromatic carbocycles. The number of sulfonamides is 1. The molecule has 126 valence electrons. The molecule has 0 aromatic heterocycles. The van der Waals surface area contributed by atoms with Gasteiger partial charge in [0.15, 0.2) is 0 Å². The summed E-state index contributed by atoms with van der Waals surface area (Å²) < 4.78 is 30.9. The average molecular weight is 320 g/mol. The molecule has 1 rings (SSSR count). The smallest absolute Gasteiger partial charge is 0.211 e.